The predicted molar refractivity (Wildman–Crippen MR) is 57.6 cm³/mol. The third-order valence-electron chi connectivity index (χ3n) is 2.26. The van der Waals surface area contributed by atoms with E-state index < -0.39 is 0 Å². The van der Waals surface area contributed by atoms with Crippen molar-refractivity contribution in [1.82, 2.24) is 4.98 Å². The van der Waals surface area contributed by atoms with Crippen molar-refractivity contribution in [2.75, 3.05) is 0 Å². The largest absolute Gasteiger partial charge is 0.355 e. The molecule has 0 fully saturated rings. The van der Waals surface area contributed by atoms with Crippen LogP contribution in [0.2, 0.25) is 0 Å². The van der Waals surface area contributed by atoms with Gasteiger partial charge in [0.15, 0.2) is 0 Å². The number of nitro groups is 1. The van der Waals surface area contributed by atoms with Gasteiger partial charge in [-0.15, -0.1) is 0 Å². The van der Waals surface area contributed by atoms with Gasteiger partial charge in [0, 0.05) is 17.8 Å². The van der Waals surface area contributed by atoms with E-state index in [4.69, 9.17) is 0 Å². The van der Waals surface area contributed by atoms with E-state index in [1.165, 1.54) is 6.07 Å². The zero-order valence-corrected chi connectivity index (χ0v) is 8.23. The maximum atomic E-state index is 10.7. The van der Waals surface area contributed by atoms with Crippen LogP contribution in [-0.2, 0) is 0 Å². The van der Waals surface area contributed by atoms with Crippen LogP contribution < -0.4 is 0 Å². The zero-order valence-electron chi connectivity index (χ0n) is 8.23. The number of hydrogen-bond donors (Lipinski definition) is 1. The minimum atomic E-state index is -0.383. The van der Waals surface area contributed by atoms with Gasteiger partial charge >= 0.3 is 0 Å². The standard InChI is InChI=1S/C11H10N2O2/c1-8-2-4-9(5-3-8)11-10(13(14)15)6-7-12-11/h2-7,12H,1H3. The highest BCUT2D eigenvalue weighted by Gasteiger charge is 2.15. The summed E-state index contributed by atoms with van der Waals surface area (Å²) in [6.45, 7) is 1.98. The first kappa shape index (κ1) is 9.45. The first-order valence-electron chi connectivity index (χ1n) is 4.57. The van der Waals surface area contributed by atoms with Gasteiger partial charge in [-0.25, -0.2) is 0 Å². The summed E-state index contributed by atoms with van der Waals surface area (Å²) in [6, 6.07) is 9.07. The Balaban J connectivity index is 2.49. The van der Waals surface area contributed by atoms with Crippen molar-refractivity contribution in [1.29, 1.82) is 0 Å². The lowest BCUT2D eigenvalue weighted by atomic mass is 10.1. The summed E-state index contributed by atoms with van der Waals surface area (Å²) in [5.41, 5.74) is 2.63. The first-order chi connectivity index (χ1) is 7.18. The molecule has 0 aliphatic heterocycles. The van der Waals surface area contributed by atoms with E-state index >= 15 is 0 Å². The Morgan fingerprint density at radius 2 is 1.87 bits per heavy atom. The highest BCUT2D eigenvalue weighted by molar-refractivity contribution is 5.69. The van der Waals surface area contributed by atoms with E-state index in [0.717, 1.165) is 11.1 Å². The highest BCUT2D eigenvalue weighted by atomic mass is 16.6. The minimum Gasteiger partial charge on any atom is -0.355 e. The number of aromatic amines is 1. The summed E-state index contributed by atoms with van der Waals surface area (Å²) in [5.74, 6) is 0. The lowest BCUT2D eigenvalue weighted by Gasteiger charge is -1.98. The number of nitrogens with zero attached hydrogens (tertiary/aromatic N) is 1. The normalized spacial score (nSPS) is 10.2. The summed E-state index contributed by atoms with van der Waals surface area (Å²) in [6.07, 6.45) is 1.58. The summed E-state index contributed by atoms with van der Waals surface area (Å²) < 4.78 is 0. The summed E-state index contributed by atoms with van der Waals surface area (Å²) in [7, 11) is 0. The molecule has 0 saturated carbocycles. The molecular weight excluding hydrogens is 192 g/mol. The van der Waals surface area contributed by atoms with Crippen LogP contribution >= 0.6 is 0 Å². The van der Waals surface area contributed by atoms with Crippen LogP contribution in [0.3, 0.4) is 0 Å². The van der Waals surface area contributed by atoms with Gasteiger partial charge in [-0.3, -0.25) is 10.1 Å². The number of aromatic nitrogens is 1. The molecule has 0 aliphatic rings. The Labute approximate surface area is 86.7 Å². The van der Waals surface area contributed by atoms with Crippen molar-refractivity contribution < 1.29 is 4.92 Å². The lowest BCUT2D eigenvalue weighted by molar-refractivity contribution is -0.384. The Hall–Kier alpha value is -2.10. The van der Waals surface area contributed by atoms with Crippen molar-refractivity contribution in [3.8, 4) is 11.3 Å². The number of rotatable bonds is 2. The number of H-pyrrole nitrogens is 1. The van der Waals surface area contributed by atoms with Gasteiger partial charge in [0.25, 0.3) is 5.69 Å². The summed E-state index contributed by atoms with van der Waals surface area (Å²) >= 11 is 0. The predicted octanol–water partition coefficient (Wildman–Crippen LogP) is 2.90. The van der Waals surface area contributed by atoms with E-state index in [1.807, 2.05) is 31.2 Å². The maximum absolute atomic E-state index is 10.7. The molecule has 1 N–H and O–H groups in total. The Morgan fingerprint density at radius 3 is 2.47 bits per heavy atom. The van der Waals surface area contributed by atoms with E-state index in [9.17, 15) is 10.1 Å². The molecule has 4 nitrogen and oxygen atoms in total. The molecule has 1 heterocycles. The van der Waals surface area contributed by atoms with Crippen LogP contribution in [0.5, 0.6) is 0 Å². The third-order valence-corrected chi connectivity index (χ3v) is 2.26. The lowest BCUT2D eigenvalue weighted by Crippen LogP contribution is -1.89. The average Bonchev–Trinajstić information content (AvgIpc) is 2.67. The molecule has 2 rings (SSSR count). The molecule has 4 heteroatoms. The molecule has 2 aromatic rings. The number of hydrogen-bond acceptors (Lipinski definition) is 2. The number of aryl methyl sites for hydroxylation is 1. The fraction of sp³-hybridized carbons (Fsp3) is 0.0909. The summed E-state index contributed by atoms with van der Waals surface area (Å²) in [4.78, 5) is 13.2. The second-order valence-electron chi connectivity index (χ2n) is 3.36. The molecule has 0 spiro atoms. The molecule has 0 amide bonds. The summed E-state index contributed by atoms with van der Waals surface area (Å²) in [5, 5.41) is 10.7. The number of benzene rings is 1. The third kappa shape index (κ3) is 1.74. The molecule has 1 aromatic heterocycles. The van der Waals surface area contributed by atoms with Gasteiger partial charge in [-0.05, 0) is 6.92 Å². The van der Waals surface area contributed by atoms with Crippen molar-refractivity contribution in [3.63, 3.8) is 0 Å². The first-order valence-corrected chi connectivity index (χ1v) is 4.57. The van der Waals surface area contributed by atoms with Gasteiger partial charge in [0.1, 0.15) is 5.69 Å². The highest BCUT2D eigenvalue weighted by Crippen LogP contribution is 2.27. The van der Waals surface area contributed by atoms with Crippen LogP contribution in [0.25, 0.3) is 11.3 Å². The molecule has 15 heavy (non-hydrogen) atoms. The van der Waals surface area contributed by atoms with Crippen LogP contribution in [0.15, 0.2) is 36.5 Å². The van der Waals surface area contributed by atoms with Gasteiger partial charge in [0.05, 0.1) is 4.92 Å². The smallest absolute Gasteiger partial charge is 0.294 e. The van der Waals surface area contributed by atoms with E-state index in [2.05, 4.69) is 4.98 Å². The zero-order chi connectivity index (χ0) is 10.8. The van der Waals surface area contributed by atoms with E-state index in [1.54, 1.807) is 6.20 Å². The Morgan fingerprint density at radius 1 is 1.20 bits per heavy atom. The van der Waals surface area contributed by atoms with Crippen molar-refractivity contribution in [2.24, 2.45) is 0 Å². The monoisotopic (exact) mass is 202 g/mol. The fourth-order valence-electron chi connectivity index (χ4n) is 1.46. The van der Waals surface area contributed by atoms with Gasteiger partial charge in [-0.2, -0.15) is 0 Å². The van der Waals surface area contributed by atoms with Gasteiger partial charge < -0.3 is 4.98 Å². The molecule has 0 unspecified atom stereocenters. The average molecular weight is 202 g/mol. The second kappa shape index (κ2) is 3.57. The van der Waals surface area contributed by atoms with E-state index in [-0.39, 0.29) is 10.6 Å². The van der Waals surface area contributed by atoms with Crippen molar-refractivity contribution >= 4 is 5.69 Å². The van der Waals surface area contributed by atoms with Crippen molar-refractivity contribution in [3.05, 3.63) is 52.2 Å². The Kier molecular flexibility index (Phi) is 2.25. The van der Waals surface area contributed by atoms with E-state index in [0.29, 0.717) is 5.69 Å². The quantitative estimate of drug-likeness (QED) is 0.601. The van der Waals surface area contributed by atoms with Crippen LogP contribution in [0.1, 0.15) is 5.56 Å². The van der Waals surface area contributed by atoms with Gasteiger partial charge in [0.2, 0.25) is 0 Å². The van der Waals surface area contributed by atoms with Crippen LogP contribution in [0.4, 0.5) is 5.69 Å². The SMILES string of the molecule is Cc1ccc(-c2[nH]ccc2[N+](=O)[O-])cc1. The van der Waals surface area contributed by atoms with Crippen LogP contribution in [0, 0.1) is 17.0 Å². The second-order valence-corrected chi connectivity index (χ2v) is 3.36. The topological polar surface area (TPSA) is 58.9 Å². The number of nitrogens with one attached hydrogen (secondary N) is 1. The van der Waals surface area contributed by atoms with Crippen LogP contribution in [-0.4, -0.2) is 9.91 Å². The molecule has 0 aliphatic carbocycles. The molecule has 76 valence electrons. The molecule has 0 bridgehead atoms. The molecule has 0 atom stereocenters. The Bertz CT molecular complexity index is 486. The molecule has 0 saturated heterocycles. The molecular formula is C11H10N2O2. The van der Waals surface area contributed by atoms with Crippen molar-refractivity contribution in [2.45, 2.75) is 6.92 Å². The minimum absolute atomic E-state index is 0.110. The maximum Gasteiger partial charge on any atom is 0.294 e. The molecule has 1 aromatic carbocycles. The van der Waals surface area contributed by atoms with Gasteiger partial charge in [-0.1, -0.05) is 29.8 Å². The fourth-order valence-corrected chi connectivity index (χ4v) is 1.46. The molecule has 0 radical (unpaired) electrons.